The molecule has 2 aliphatic rings. The number of amidine groups is 1. The summed E-state index contributed by atoms with van der Waals surface area (Å²) in [6.45, 7) is 0.891. The second-order valence-electron chi connectivity index (χ2n) is 6.88. The summed E-state index contributed by atoms with van der Waals surface area (Å²) in [5.41, 5.74) is 1.45. The lowest BCUT2D eigenvalue weighted by atomic mass is 10.1. The Labute approximate surface area is 171 Å². The van der Waals surface area contributed by atoms with Gasteiger partial charge in [0.2, 0.25) is 5.91 Å². The first-order chi connectivity index (χ1) is 13.5. The molecule has 2 aliphatic heterocycles. The van der Waals surface area contributed by atoms with E-state index in [-0.39, 0.29) is 18.4 Å². The van der Waals surface area contributed by atoms with E-state index in [9.17, 15) is 9.59 Å². The van der Waals surface area contributed by atoms with Crippen molar-refractivity contribution in [1.82, 2.24) is 9.88 Å². The van der Waals surface area contributed by atoms with Crippen molar-refractivity contribution < 1.29 is 9.59 Å². The topological polar surface area (TPSA) is 79.1 Å². The van der Waals surface area contributed by atoms with Crippen LogP contribution >= 0.6 is 15.9 Å². The first-order valence-electron chi connectivity index (χ1n) is 9.10. The monoisotopic (exact) mass is 441 g/mol. The standard InChI is InChI=1S/C20H20BrN5O2/c1-25-18-10-14(21)12-26(18)8-7-15(20(25)28)24-19(27)16-11-22-17(23-16)9-13-5-3-2-4-6-13/h2-6,10,12,15H,7-9,11H2,1H3,(H,24,27). The molecule has 0 saturated heterocycles. The van der Waals surface area contributed by atoms with Gasteiger partial charge >= 0.3 is 0 Å². The molecule has 1 atom stereocenters. The molecule has 0 aliphatic carbocycles. The fourth-order valence-corrected chi connectivity index (χ4v) is 3.88. The fourth-order valence-electron chi connectivity index (χ4n) is 3.43. The average Bonchev–Trinajstić information content (AvgIpc) is 3.28. The van der Waals surface area contributed by atoms with Crippen LogP contribution in [0.1, 0.15) is 12.0 Å². The van der Waals surface area contributed by atoms with Crippen molar-refractivity contribution in [2.24, 2.45) is 9.98 Å². The maximum absolute atomic E-state index is 12.8. The maximum Gasteiger partial charge on any atom is 0.268 e. The number of anilines is 1. The molecule has 8 heteroatoms. The van der Waals surface area contributed by atoms with Crippen molar-refractivity contribution in [3.05, 3.63) is 52.6 Å². The van der Waals surface area contributed by atoms with Crippen molar-refractivity contribution in [1.29, 1.82) is 0 Å². The van der Waals surface area contributed by atoms with Gasteiger partial charge in [-0.3, -0.25) is 19.5 Å². The molecular weight excluding hydrogens is 422 g/mol. The summed E-state index contributed by atoms with van der Waals surface area (Å²) in [6, 6.07) is 11.2. The third-order valence-corrected chi connectivity index (χ3v) is 5.35. The van der Waals surface area contributed by atoms with Crippen LogP contribution in [0.25, 0.3) is 0 Å². The summed E-state index contributed by atoms with van der Waals surface area (Å²) >= 11 is 3.44. The largest absolute Gasteiger partial charge is 0.339 e. The smallest absolute Gasteiger partial charge is 0.268 e. The normalized spacial score (nSPS) is 19.0. The van der Waals surface area contributed by atoms with Crippen LogP contribution < -0.4 is 10.2 Å². The average molecular weight is 442 g/mol. The van der Waals surface area contributed by atoms with Crippen LogP contribution in [0.2, 0.25) is 0 Å². The zero-order valence-corrected chi connectivity index (χ0v) is 17.0. The Morgan fingerprint density at radius 3 is 2.89 bits per heavy atom. The number of nitrogens with zero attached hydrogens (tertiary/aromatic N) is 4. The van der Waals surface area contributed by atoms with Crippen molar-refractivity contribution in [2.75, 3.05) is 18.5 Å². The van der Waals surface area contributed by atoms with E-state index < -0.39 is 6.04 Å². The van der Waals surface area contributed by atoms with Crippen molar-refractivity contribution in [3.63, 3.8) is 0 Å². The van der Waals surface area contributed by atoms with E-state index in [2.05, 4.69) is 31.2 Å². The number of fused-ring (bicyclic) bond motifs is 1. The lowest BCUT2D eigenvalue weighted by molar-refractivity contribution is -0.124. The number of aliphatic imine (C=N–C) groups is 2. The maximum atomic E-state index is 12.8. The van der Waals surface area contributed by atoms with Crippen LogP contribution in [0, 0.1) is 0 Å². The minimum absolute atomic E-state index is 0.137. The Bertz CT molecular complexity index is 980. The third kappa shape index (κ3) is 3.77. The van der Waals surface area contributed by atoms with Crippen LogP contribution in [0.3, 0.4) is 0 Å². The van der Waals surface area contributed by atoms with Crippen molar-refractivity contribution >= 4 is 45.1 Å². The van der Waals surface area contributed by atoms with Gasteiger partial charge in [-0.1, -0.05) is 30.3 Å². The second-order valence-corrected chi connectivity index (χ2v) is 7.79. The van der Waals surface area contributed by atoms with Crippen LogP contribution in [0.15, 0.2) is 57.1 Å². The van der Waals surface area contributed by atoms with Crippen LogP contribution in [0.4, 0.5) is 5.82 Å². The number of carbonyl (C=O) groups is 2. The Hall–Kier alpha value is -2.74. The molecule has 2 amide bonds. The molecule has 1 N–H and O–H groups in total. The molecule has 3 heterocycles. The first-order valence-corrected chi connectivity index (χ1v) is 9.89. The van der Waals surface area contributed by atoms with Gasteiger partial charge in [0.1, 0.15) is 23.4 Å². The van der Waals surface area contributed by atoms with Gasteiger partial charge < -0.3 is 9.88 Å². The van der Waals surface area contributed by atoms with Crippen LogP contribution in [-0.2, 0) is 22.6 Å². The summed E-state index contributed by atoms with van der Waals surface area (Å²) in [5, 5.41) is 2.85. The number of halogens is 1. The number of likely N-dealkylation sites (N-methyl/N-ethyl adjacent to an activating group) is 1. The molecule has 0 bridgehead atoms. The highest BCUT2D eigenvalue weighted by Crippen LogP contribution is 2.26. The molecule has 1 unspecified atom stereocenters. The van der Waals surface area contributed by atoms with E-state index in [1.54, 1.807) is 11.9 Å². The summed E-state index contributed by atoms with van der Waals surface area (Å²) in [7, 11) is 1.72. The second kappa shape index (κ2) is 7.71. The molecule has 7 nitrogen and oxygen atoms in total. The number of rotatable bonds is 4. The molecule has 1 aromatic heterocycles. The van der Waals surface area contributed by atoms with Gasteiger partial charge in [-0.2, -0.15) is 0 Å². The summed E-state index contributed by atoms with van der Waals surface area (Å²) in [6.07, 6.45) is 3.05. The molecule has 28 heavy (non-hydrogen) atoms. The zero-order chi connectivity index (χ0) is 19.7. The lowest BCUT2D eigenvalue weighted by Crippen LogP contribution is -2.49. The van der Waals surface area contributed by atoms with Gasteiger partial charge in [-0.25, -0.2) is 4.99 Å². The molecule has 0 radical (unpaired) electrons. The van der Waals surface area contributed by atoms with E-state index >= 15 is 0 Å². The van der Waals surface area contributed by atoms with E-state index in [1.165, 1.54) is 0 Å². The number of hydrogen-bond donors (Lipinski definition) is 1. The molecule has 1 aromatic carbocycles. The minimum Gasteiger partial charge on any atom is -0.339 e. The van der Waals surface area contributed by atoms with E-state index in [0.29, 0.717) is 30.9 Å². The highest BCUT2D eigenvalue weighted by molar-refractivity contribution is 9.10. The van der Waals surface area contributed by atoms with E-state index in [4.69, 9.17) is 0 Å². The fraction of sp³-hybridized carbons (Fsp3) is 0.300. The number of aryl methyl sites for hydroxylation is 1. The SMILES string of the molecule is CN1C(=O)C(NC(=O)C2=NC(Cc3ccccc3)=NC2)CCn2cc(Br)cc21. The van der Waals surface area contributed by atoms with Gasteiger partial charge in [0.15, 0.2) is 0 Å². The van der Waals surface area contributed by atoms with Gasteiger partial charge in [0, 0.05) is 30.7 Å². The number of carbonyl (C=O) groups excluding carboxylic acids is 2. The Morgan fingerprint density at radius 2 is 2.11 bits per heavy atom. The predicted octanol–water partition coefficient (Wildman–Crippen LogP) is 2.20. The quantitative estimate of drug-likeness (QED) is 0.788. The summed E-state index contributed by atoms with van der Waals surface area (Å²) in [5.74, 6) is 0.981. The first kappa shape index (κ1) is 18.6. The molecular formula is C20H20BrN5O2. The molecule has 0 fully saturated rings. The third-order valence-electron chi connectivity index (χ3n) is 4.92. The van der Waals surface area contributed by atoms with Gasteiger partial charge in [0.25, 0.3) is 5.91 Å². The number of hydrogen-bond acceptors (Lipinski definition) is 4. The molecule has 0 spiro atoms. The highest BCUT2D eigenvalue weighted by Gasteiger charge is 2.31. The number of aromatic nitrogens is 1. The van der Waals surface area contributed by atoms with Crippen LogP contribution in [-0.4, -0.2) is 47.6 Å². The molecule has 2 aromatic rings. The number of benzene rings is 1. The van der Waals surface area contributed by atoms with E-state index in [0.717, 1.165) is 15.9 Å². The zero-order valence-electron chi connectivity index (χ0n) is 15.4. The highest BCUT2D eigenvalue weighted by atomic mass is 79.9. The number of nitrogens with one attached hydrogen (secondary N) is 1. The van der Waals surface area contributed by atoms with Gasteiger partial charge in [-0.05, 0) is 34.0 Å². The predicted molar refractivity (Wildman–Crippen MR) is 112 cm³/mol. The number of amides is 2. The Morgan fingerprint density at radius 1 is 1.32 bits per heavy atom. The molecule has 4 rings (SSSR count). The minimum atomic E-state index is -0.586. The Kier molecular flexibility index (Phi) is 5.13. The molecule has 0 saturated carbocycles. The van der Waals surface area contributed by atoms with Crippen molar-refractivity contribution in [2.45, 2.75) is 25.4 Å². The van der Waals surface area contributed by atoms with Gasteiger partial charge in [0.05, 0.1) is 6.54 Å². The lowest BCUT2D eigenvalue weighted by Gasteiger charge is -2.20. The van der Waals surface area contributed by atoms with Crippen LogP contribution in [0.5, 0.6) is 0 Å². The Balaban J connectivity index is 1.41. The summed E-state index contributed by atoms with van der Waals surface area (Å²) in [4.78, 5) is 35.7. The van der Waals surface area contributed by atoms with Crippen molar-refractivity contribution in [3.8, 4) is 0 Å². The molecule has 144 valence electrons. The van der Waals surface area contributed by atoms with E-state index in [1.807, 2.05) is 47.2 Å². The summed E-state index contributed by atoms with van der Waals surface area (Å²) < 4.78 is 2.93. The van der Waals surface area contributed by atoms with Gasteiger partial charge in [-0.15, -0.1) is 0 Å².